The van der Waals surface area contributed by atoms with Gasteiger partial charge in [0.25, 0.3) is 0 Å². The van der Waals surface area contributed by atoms with Crippen LogP contribution in [-0.2, 0) is 43.4 Å². The lowest BCUT2D eigenvalue weighted by Gasteiger charge is -2.46. The first kappa shape index (κ1) is 73.8. The molecule has 13 heteroatoms. The van der Waals surface area contributed by atoms with Gasteiger partial charge in [0.1, 0.15) is 5.75 Å². The molecule has 0 aromatic heterocycles. The molecule has 0 unspecified atom stereocenters. The molecule has 9 nitrogen and oxygen atoms in total. The lowest BCUT2D eigenvalue weighted by molar-refractivity contribution is -0.150. The first-order chi connectivity index (χ1) is 35.2. The van der Waals surface area contributed by atoms with E-state index in [2.05, 4.69) is 221 Å². The Kier molecular flexibility index (Phi) is 28.2. The van der Waals surface area contributed by atoms with Crippen LogP contribution < -0.4 is 4.74 Å². The van der Waals surface area contributed by atoms with Gasteiger partial charge < -0.3 is 31.9 Å². The highest BCUT2D eigenvalue weighted by Crippen LogP contribution is 2.45. The predicted molar refractivity (Wildman–Crippen MR) is 342 cm³/mol. The molecule has 0 saturated heterocycles. The fourth-order valence-electron chi connectivity index (χ4n) is 9.19. The van der Waals surface area contributed by atoms with Crippen molar-refractivity contribution in [1.29, 1.82) is 0 Å². The standard InChI is InChI=1S/C65H120O9Si4/c1-32-33-34-46(3)58(70-44-53-36-39-55(68-22)40-37-53)51(8)59(73-77(28,29)64(16,17)18)49(6)42-45(2)41-48(5)57(72-76(26,27)63(13,14)15)47(4)35-38-54(66)43-56(71-75(24,25)62(10,11)12)50(7)60(52(9)61(67)69-23)74-78(30,31)65(19,20)21/h32-41,46-52,56-60H,1,42-44H2,2-31H3/b34-33-,38-35-,45-41-/t46-,47-,48-,49-,50-,51+,52+,56-,57-,58-,59+,60-/m0/s1. The van der Waals surface area contributed by atoms with Gasteiger partial charge in [-0.2, -0.15) is 0 Å². The van der Waals surface area contributed by atoms with Crippen molar-refractivity contribution in [2.45, 2.75) is 261 Å². The normalized spacial score (nSPS) is 18.8. The van der Waals surface area contributed by atoms with E-state index in [1.54, 1.807) is 13.2 Å². The largest absolute Gasteiger partial charge is 0.497 e. The lowest BCUT2D eigenvalue weighted by Crippen LogP contribution is -2.53. The van der Waals surface area contributed by atoms with Crippen molar-refractivity contribution in [3.8, 4) is 5.75 Å². The van der Waals surface area contributed by atoms with E-state index in [1.165, 1.54) is 12.7 Å². The molecule has 0 N–H and O–H groups in total. The Morgan fingerprint density at radius 2 is 1.00 bits per heavy atom. The number of hydrogen-bond acceptors (Lipinski definition) is 9. The van der Waals surface area contributed by atoms with Crippen LogP contribution in [0.15, 0.2) is 72.9 Å². The summed E-state index contributed by atoms with van der Waals surface area (Å²) in [5.74, 6) is -0.0891. The third-order valence-corrected chi connectivity index (χ3v) is 36.5. The summed E-state index contributed by atoms with van der Waals surface area (Å²) < 4.78 is 47.0. The summed E-state index contributed by atoms with van der Waals surface area (Å²) in [6, 6.07) is 8.12. The van der Waals surface area contributed by atoms with E-state index in [-0.39, 0.29) is 92.1 Å². The molecule has 0 heterocycles. The topological polar surface area (TPSA) is 98.8 Å². The summed E-state index contributed by atoms with van der Waals surface area (Å²) in [6.07, 6.45) is 11.9. The van der Waals surface area contributed by atoms with Crippen molar-refractivity contribution in [2.75, 3.05) is 14.2 Å². The molecule has 0 amide bonds. The van der Waals surface area contributed by atoms with Crippen molar-refractivity contribution in [3.05, 3.63) is 78.4 Å². The number of hydrogen-bond donors (Lipinski definition) is 0. The number of benzene rings is 1. The van der Waals surface area contributed by atoms with Crippen LogP contribution in [0.1, 0.15) is 157 Å². The van der Waals surface area contributed by atoms with Crippen molar-refractivity contribution in [3.63, 3.8) is 0 Å². The van der Waals surface area contributed by atoms with E-state index in [4.69, 9.17) is 31.9 Å². The number of rotatable bonds is 31. The van der Waals surface area contributed by atoms with Crippen molar-refractivity contribution in [2.24, 2.45) is 41.4 Å². The van der Waals surface area contributed by atoms with Crippen LogP contribution in [0.2, 0.25) is 72.5 Å². The van der Waals surface area contributed by atoms with E-state index in [9.17, 15) is 9.59 Å². The Morgan fingerprint density at radius 1 is 0.564 bits per heavy atom. The third kappa shape index (κ3) is 21.8. The SMILES string of the molecule is C=C/C=C\[C@H](C)[C@H](OCc1ccc(OC)cc1)[C@@H](C)[C@H](O[Si](C)(C)C(C)(C)C)[C@@H](C)C/C(C)=C\[C@H](C)[C@@H](O[Si](C)(C)C(C)(C)C)[C@@H](C)/C=C\C(=O)C[C@H](O[Si](C)(C)C(C)(C)C)[C@H](C)[C@H](O[Si](C)(C)C(C)(C)C)[C@@H](C)C(=O)OC. The summed E-state index contributed by atoms with van der Waals surface area (Å²) in [7, 11) is -6.22. The van der Waals surface area contributed by atoms with Gasteiger partial charge in [-0.1, -0.05) is 179 Å². The highest BCUT2D eigenvalue weighted by molar-refractivity contribution is 6.75. The Bertz CT molecular complexity index is 2100. The van der Waals surface area contributed by atoms with Gasteiger partial charge in [-0.15, -0.1) is 0 Å². The van der Waals surface area contributed by atoms with Crippen LogP contribution >= 0.6 is 0 Å². The van der Waals surface area contributed by atoms with Crippen LogP contribution in [0.25, 0.3) is 0 Å². The average Bonchev–Trinajstić information content (AvgIpc) is 3.30. The number of methoxy groups -OCH3 is 2. The number of carbonyl (C=O) groups excluding carboxylic acids is 2. The molecule has 0 bridgehead atoms. The molecule has 1 aromatic rings. The maximum absolute atomic E-state index is 14.6. The molecule has 0 aliphatic carbocycles. The number of carbonyl (C=O) groups is 2. The maximum atomic E-state index is 14.6. The van der Waals surface area contributed by atoms with E-state index >= 15 is 0 Å². The fourth-order valence-corrected chi connectivity index (χ4v) is 15.0. The smallest absolute Gasteiger partial charge is 0.310 e. The number of esters is 1. The van der Waals surface area contributed by atoms with E-state index in [0.29, 0.717) is 6.61 Å². The Hall–Kier alpha value is -2.21. The first-order valence-corrected chi connectivity index (χ1v) is 41.1. The van der Waals surface area contributed by atoms with Crippen LogP contribution in [0.4, 0.5) is 0 Å². The minimum absolute atomic E-state index is 0.0127. The summed E-state index contributed by atoms with van der Waals surface area (Å²) in [5.41, 5.74) is 2.38. The molecule has 0 aliphatic rings. The van der Waals surface area contributed by atoms with Crippen molar-refractivity contribution >= 4 is 45.0 Å². The van der Waals surface area contributed by atoms with Gasteiger partial charge in [0, 0.05) is 24.2 Å². The van der Waals surface area contributed by atoms with Gasteiger partial charge in [-0.25, -0.2) is 0 Å². The van der Waals surface area contributed by atoms with Crippen molar-refractivity contribution < 1.29 is 41.5 Å². The molecule has 0 fully saturated rings. The van der Waals surface area contributed by atoms with Crippen molar-refractivity contribution in [1.82, 2.24) is 0 Å². The average molecular weight is 1160 g/mol. The third-order valence-electron chi connectivity index (χ3n) is 18.6. The van der Waals surface area contributed by atoms with Crippen LogP contribution in [-0.4, -0.2) is 89.8 Å². The number of ether oxygens (including phenoxy) is 3. The molecule has 78 heavy (non-hydrogen) atoms. The van der Waals surface area contributed by atoms with Gasteiger partial charge in [-0.05, 0) is 134 Å². The first-order valence-electron chi connectivity index (χ1n) is 29.4. The Balaban J connectivity index is 3.88. The van der Waals surface area contributed by atoms with Gasteiger partial charge in [0.2, 0.25) is 0 Å². The minimum Gasteiger partial charge on any atom is -0.497 e. The molecule has 0 spiro atoms. The summed E-state index contributed by atoms with van der Waals surface area (Å²) >= 11 is 0. The molecule has 1 rings (SSSR count). The van der Waals surface area contributed by atoms with Gasteiger partial charge in [0.15, 0.2) is 39.1 Å². The van der Waals surface area contributed by atoms with E-state index in [1.807, 2.05) is 31.2 Å². The molecule has 450 valence electrons. The fraction of sp³-hybridized carbons (Fsp3) is 0.754. The van der Waals surface area contributed by atoms with Gasteiger partial charge in [-0.3, -0.25) is 9.59 Å². The molecular formula is C65H120O9Si4. The lowest BCUT2D eigenvalue weighted by atomic mass is 9.81. The molecule has 0 aliphatic heterocycles. The van der Waals surface area contributed by atoms with Gasteiger partial charge >= 0.3 is 5.97 Å². The molecule has 0 radical (unpaired) electrons. The summed E-state index contributed by atoms with van der Waals surface area (Å²) in [4.78, 5) is 27.9. The quantitative estimate of drug-likeness (QED) is 0.0237. The Morgan fingerprint density at radius 3 is 1.44 bits per heavy atom. The second-order valence-corrected chi connectivity index (χ2v) is 48.5. The molecule has 1 aromatic carbocycles. The van der Waals surface area contributed by atoms with Gasteiger partial charge in [0.05, 0.1) is 57.3 Å². The van der Waals surface area contributed by atoms with E-state index < -0.39 is 51.4 Å². The maximum Gasteiger partial charge on any atom is 0.310 e. The molecule has 0 saturated carbocycles. The Labute approximate surface area is 484 Å². The highest BCUT2D eigenvalue weighted by Gasteiger charge is 2.48. The summed E-state index contributed by atoms with van der Waals surface area (Å²) in [6.45, 7) is 67.3. The zero-order valence-corrected chi connectivity index (χ0v) is 59.7. The predicted octanol–water partition coefficient (Wildman–Crippen LogP) is 18.4. The minimum atomic E-state index is -2.41. The van der Waals surface area contributed by atoms with Crippen LogP contribution in [0.3, 0.4) is 0 Å². The second kappa shape index (κ2) is 29.9. The van der Waals surface area contributed by atoms with E-state index in [0.717, 1.165) is 17.7 Å². The highest BCUT2D eigenvalue weighted by atomic mass is 28.4. The zero-order chi connectivity index (χ0) is 61.0. The number of ketones is 1. The second-order valence-electron chi connectivity index (χ2n) is 29.5. The van der Waals surface area contributed by atoms with Crippen LogP contribution in [0, 0.1) is 41.4 Å². The number of allylic oxidation sites excluding steroid dienone is 4. The zero-order valence-electron chi connectivity index (χ0n) is 55.7. The molecular weight excluding hydrogens is 1040 g/mol. The molecule has 12 atom stereocenters. The van der Waals surface area contributed by atoms with Crippen LogP contribution in [0.5, 0.6) is 5.75 Å². The monoisotopic (exact) mass is 1160 g/mol. The summed E-state index contributed by atoms with van der Waals surface area (Å²) in [5, 5.41) is -0.221.